The predicted molar refractivity (Wildman–Crippen MR) is 83.3 cm³/mol. The van der Waals surface area contributed by atoms with Crippen LogP contribution in [-0.4, -0.2) is 20.2 Å². The molecule has 0 aliphatic carbocycles. The smallest absolute Gasteiger partial charge is 0.244 e. The summed E-state index contributed by atoms with van der Waals surface area (Å²) in [5, 5.41) is 17.5. The summed E-state index contributed by atoms with van der Waals surface area (Å²) >= 11 is 7.02. The van der Waals surface area contributed by atoms with Gasteiger partial charge in [0, 0.05) is 16.2 Å². The lowest BCUT2D eigenvalue weighted by molar-refractivity contribution is 0.431. The maximum absolute atomic E-state index is 4.12. The quantitative estimate of drug-likeness (QED) is 0.749. The van der Waals surface area contributed by atoms with Gasteiger partial charge in [0.15, 0.2) is 0 Å². The second kappa shape index (κ2) is 4.94. The summed E-state index contributed by atoms with van der Waals surface area (Å²) in [4.78, 5) is 2.59. The van der Waals surface area contributed by atoms with Crippen molar-refractivity contribution >= 4 is 44.6 Å². The lowest BCUT2D eigenvalue weighted by Crippen LogP contribution is -2.27. The third kappa shape index (κ3) is 2.07. The van der Waals surface area contributed by atoms with Crippen LogP contribution in [0.25, 0.3) is 0 Å². The molecule has 0 spiro atoms. The molecule has 0 bridgehead atoms. The van der Waals surface area contributed by atoms with E-state index in [1.807, 2.05) is 4.68 Å². The Morgan fingerprint density at radius 3 is 3.00 bits per heavy atom. The van der Waals surface area contributed by atoms with Gasteiger partial charge in [-0.05, 0) is 49.9 Å². The molecule has 0 radical (unpaired) electrons. The SMILES string of the molecule is Brc1ccc([C@@H]2C[C@H](c3cccs3)n3nnnc3N2)s1. The molecule has 102 valence electrons. The van der Waals surface area contributed by atoms with Crippen LogP contribution in [0, 0.1) is 0 Å². The van der Waals surface area contributed by atoms with Crippen molar-refractivity contribution in [2.24, 2.45) is 0 Å². The Balaban J connectivity index is 1.74. The summed E-state index contributed by atoms with van der Waals surface area (Å²) in [6, 6.07) is 8.90. The zero-order valence-electron chi connectivity index (χ0n) is 10.2. The van der Waals surface area contributed by atoms with Crippen molar-refractivity contribution in [3.05, 3.63) is 43.2 Å². The largest absolute Gasteiger partial charge is 0.345 e. The molecule has 0 unspecified atom stereocenters. The Labute approximate surface area is 131 Å². The fraction of sp³-hybridized carbons (Fsp3) is 0.250. The molecular weight excluding hydrogens is 358 g/mol. The number of tetrazole rings is 1. The van der Waals surface area contributed by atoms with Crippen molar-refractivity contribution in [3.8, 4) is 0 Å². The first-order valence-electron chi connectivity index (χ1n) is 6.14. The van der Waals surface area contributed by atoms with E-state index >= 15 is 0 Å². The Bertz CT molecular complexity index is 720. The number of hydrogen-bond donors (Lipinski definition) is 1. The number of rotatable bonds is 2. The van der Waals surface area contributed by atoms with Crippen LogP contribution in [0.5, 0.6) is 0 Å². The zero-order valence-corrected chi connectivity index (χ0v) is 13.5. The van der Waals surface area contributed by atoms with E-state index in [9.17, 15) is 0 Å². The molecule has 0 fully saturated rings. The lowest BCUT2D eigenvalue weighted by Gasteiger charge is -2.29. The molecule has 3 aromatic rings. The molecule has 0 aromatic carbocycles. The van der Waals surface area contributed by atoms with E-state index in [1.54, 1.807) is 22.7 Å². The number of nitrogens with zero attached hydrogens (tertiary/aromatic N) is 4. The van der Waals surface area contributed by atoms with Crippen LogP contribution < -0.4 is 5.32 Å². The number of fused-ring (bicyclic) bond motifs is 1. The van der Waals surface area contributed by atoms with E-state index in [0.29, 0.717) is 0 Å². The highest BCUT2D eigenvalue weighted by atomic mass is 79.9. The number of halogens is 1. The van der Waals surface area contributed by atoms with Gasteiger partial charge in [0.05, 0.1) is 15.9 Å². The van der Waals surface area contributed by atoms with Crippen molar-refractivity contribution in [3.63, 3.8) is 0 Å². The van der Waals surface area contributed by atoms with Gasteiger partial charge >= 0.3 is 0 Å². The summed E-state index contributed by atoms with van der Waals surface area (Å²) < 4.78 is 3.03. The molecule has 20 heavy (non-hydrogen) atoms. The van der Waals surface area contributed by atoms with Crippen LogP contribution in [0.15, 0.2) is 33.4 Å². The Morgan fingerprint density at radius 2 is 2.25 bits per heavy atom. The average molecular weight is 368 g/mol. The van der Waals surface area contributed by atoms with Crippen molar-refractivity contribution in [1.29, 1.82) is 0 Å². The van der Waals surface area contributed by atoms with E-state index in [4.69, 9.17) is 0 Å². The van der Waals surface area contributed by atoms with Crippen LogP contribution in [0.4, 0.5) is 5.95 Å². The minimum atomic E-state index is 0.201. The van der Waals surface area contributed by atoms with Gasteiger partial charge in [-0.15, -0.1) is 22.7 Å². The Kier molecular flexibility index (Phi) is 3.08. The van der Waals surface area contributed by atoms with Crippen molar-refractivity contribution in [2.45, 2.75) is 18.5 Å². The second-order valence-electron chi connectivity index (χ2n) is 4.55. The minimum Gasteiger partial charge on any atom is -0.345 e. The number of aromatic nitrogens is 4. The van der Waals surface area contributed by atoms with Gasteiger partial charge in [0.25, 0.3) is 0 Å². The first-order chi connectivity index (χ1) is 9.81. The molecule has 2 atom stereocenters. The van der Waals surface area contributed by atoms with E-state index < -0.39 is 0 Å². The summed E-state index contributed by atoms with van der Waals surface area (Å²) in [6.45, 7) is 0. The molecule has 0 saturated heterocycles. The van der Waals surface area contributed by atoms with E-state index in [1.165, 1.54) is 9.75 Å². The van der Waals surface area contributed by atoms with E-state index in [-0.39, 0.29) is 12.1 Å². The summed E-state index contributed by atoms with van der Waals surface area (Å²) in [6.07, 6.45) is 0.950. The van der Waals surface area contributed by atoms with Gasteiger partial charge in [-0.3, -0.25) is 0 Å². The topological polar surface area (TPSA) is 55.6 Å². The van der Waals surface area contributed by atoms with Crippen molar-refractivity contribution in [1.82, 2.24) is 20.2 Å². The molecule has 8 heteroatoms. The second-order valence-corrected chi connectivity index (χ2v) is 8.03. The van der Waals surface area contributed by atoms with Gasteiger partial charge in [-0.2, -0.15) is 0 Å². The first-order valence-corrected chi connectivity index (χ1v) is 8.63. The van der Waals surface area contributed by atoms with E-state index in [2.05, 4.69) is 66.4 Å². The molecule has 5 nitrogen and oxygen atoms in total. The van der Waals surface area contributed by atoms with Crippen LogP contribution in [0.3, 0.4) is 0 Å². The van der Waals surface area contributed by atoms with Crippen molar-refractivity contribution < 1.29 is 0 Å². The molecule has 1 aliphatic heterocycles. The lowest BCUT2D eigenvalue weighted by atomic mass is 10.0. The fourth-order valence-electron chi connectivity index (χ4n) is 2.46. The average Bonchev–Trinajstić information content (AvgIpc) is 3.18. The number of nitrogens with one attached hydrogen (secondary N) is 1. The van der Waals surface area contributed by atoms with Gasteiger partial charge in [0.1, 0.15) is 0 Å². The number of hydrogen-bond acceptors (Lipinski definition) is 6. The van der Waals surface area contributed by atoms with Crippen LogP contribution in [0.2, 0.25) is 0 Å². The molecule has 0 amide bonds. The number of anilines is 1. The number of thiophene rings is 2. The highest BCUT2D eigenvalue weighted by Gasteiger charge is 2.31. The molecule has 4 rings (SSSR count). The first kappa shape index (κ1) is 12.5. The van der Waals surface area contributed by atoms with E-state index in [0.717, 1.165) is 16.2 Å². The molecule has 3 aromatic heterocycles. The van der Waals surface area contributed by atoms with Crippen LogP contribution >= 0.6 is 38.6 Å². The standard InChI is InChI=1S/C12H10BrN5S2/c13-11-4-3-9(20-11)7-6-8(10-2-1-5-19-10)18-12(14-7)15-16-17-18/h1-5,7-8H,6H2,(H,14,15,17)/t7-,8+/m0/s1. The zero-order chi connectivity index (χ0) is 13.5. The van der Waals surface area contributed by atoms with Gasteiger partial charge in [0.2, 0.25) is 5.95 Å². The summed E-state index contributed by atoms with van der Waals surface area (Å²) in [7, 11) is 0. The summed E-state index contributed by atoms with van der Waals surface area (Å²) in [5.41, 5.74) is 0. The highest BCUT2D eigenvalue weighted by Crippen LogP contribution is 2.40. The molecular formula is C12H10BrN5S2. The van der Waals surface area contributed by atoms with Crippen molar-refractivity contribution in [2.75, 3.05) is 5.32 Å². The molecule has 1 aliphatic rings. The fourth-order valence-corrected chi connectivity index (χ4v) is 4.77. The molecule has 4 heterocycles. The highest BCUT2D eigenvalue weighted by molar-refractivity contribution is 9.11. The minimum absolute atomic E-state index is 0.201. The van der Waals surface area contributed by atoms with Gasteiger partial charge in [-0.1, -0.05) is 11.2 Å². The van der Waals surface area contributed by atoms with Crippen LogP contribution in [0.1, 0.15) is 28.3 Å². The maximum Gasteiger partial charge on any atom is 0.244 e. The Morgan fingerprint density at radius 1 is 1.30 bits per heavy atom. The molecule has 0 saturated carbocycles. The third-order valence-electron chi connectivity index (χ3n) is 3.36. The van der Waals surface area contributed by atoms with Gasteiger partial charge < -0.3 is 5.32 Å². The maximum atomic E-state index is 4.12. The predicted octanol–water partition coefficient (Wildman–Crippen LogP) is 3.70. The van der Waals surface area contributed by atoms with Gasteiger partial charge in [-0.25, -0.2) is 4.68 Å². The normalized spacial score (nSPS) is 21.4. The van der Waals surface area contributed by atoms with Crippen LogP contribution in [-0.2, 0) is 0 Å². The monoisotopic (exact) mass is 367 g/mol. The molecule has 1 N–H and O–H groups in total. The third-order valence-corrected chi connectivity index (χ3v) is 6.07. The Hall–Kier alpha value is -1.25. The summed E-state index contributed by atoms with van der Waals surface area (Å²) in [5.74, 6) is 0.740.